The van der Waals surface area contributed by atoms with Gasteiger partial charge in [-0.25, -0.2) is 9.78 Å². The Labute approximate surface area is 148 Å². The predicted octanol–water partition coefficient (Wildman–Crippen LogP) is 4.05. The standard InChI is InChI=1S/C19H14N2O3S/c22-16(10-15-13-8-4-5-9-14(13)19(23)24-15)21-18-17(20-11-25-18)12-6-2-1-3-7-12/h1-9,11,15H,10H2,(H,21,22)/t15-/m0/s1. The highest BCUT2D eigenvalue weighted by Gasteiger charge is 2.32. The maximum atomic E-state index is 12.4. The van der Waals surface area contributed by atoms with Crippen LogP contribution in [0.2, 0.25) is 0 Å². The summed E-state index contributed by atoms with van der Waals surface area (Å²) in [6.07, 6.45) is -0.466. The summed E-state index contributed by atoms with van der Waals surface area (Å²) in [5.41, 5.74) is 4.67. The second kappa shape index (κ2) is 6.49. The van der Waals surface area contributed by atoms with E-state index in [0.717, 1.165) is 16.8 Å². The lowest BCUT2D eigenvalue weighted by Gasteiger charge is -2.11. The Kier molecular flexibility index (Phi) is 4.03. The van der Waals surface area contributed by atoms with Crippen molar-refractivity contribution in [2.24, 2.45) is 0 Å². The Hall–Kier alpha value is -2.99. The number of hydrogen-bond donors (Lipinski definition) is 1. The van der Waals surface area contributed by atoms with Crippen LogP contribution in [0, 0.1) is 0 Å². The average molecular weight is 350 g/mol. The lowest BCUT2D eigenvalue weighted by Crippen LogP contribution is -2.15. The monoisotopic (exact) mass is 350 g/mol. The van der Waals surface area contributed by atoms with Crippen molar-refractivity contribution in [3.8, 4) is 11.3 Å². The van der Waals surface area contributed by atoms with Crippen molar-refractivity contribution in [3.05, 3.63) is 71.2 Å². The first kappa shape index (κ1) is 15.5. The van der Waals surface area contributed by atoms with Gasteiger partial charge in [0.15, 0.2) is 0 Å². The fourth-order valence-electron chi connectivity index (χ4n) is 2.85. The van der Waals surface area contributed by atoms with Gasteiger partial charge < -0.3 is 10.1 Å². The Morgan fingerprint density at radius 2 is 1.88 bits per heavy atom. The van der Waals surface area contributed by atoms with E-state index in [1.165, 1.54) is 11.3 Å². The number of carbonyl (C=O) groups is 2. The molecular formula is C19H14N2O3S. The summed E-state index contributed by atoms with van der Waals surface area (Å²) in [4.78, 5) is 28.6. The van der Waals surface area contributed by atoms with Gasteiger partial charge in [0, 0.05) is 11.1 Å². The highest BCUT2D eigenvalue weighted by Crippen LogP contribution is 2.34. The van der Waals surface area contributed by atoms with Gasteiger partial charge in [-0.3, -0.25) is 4.79 Å². The average Bonchev–Trinajstić information content (AvgIpc) is 3.21. The van der Waals surface area contributed by atoms with Crippen LogP contribution in [-0.2, 0) is 9.53 Å². The molecule has 1 aliphatic heterocycles. The van der Waals surface area contributed by atoms with Crippen LogP contribution in [0.25, 0.3) is 11.3 Å². The summed E-state index contributed by atoms with van der Waals surface area (Å²) in [6.45, 7) is 0. The number of nitrogens with one attached hydrogen (secondary N) is 1. The molecule has 1 N–H and O–H groups in total. The number of ether oxygens (including phenoxy) is 1. The van der Waals surface area contributed by atoms with Crippen LogP contribution in [0.3, 0.4) is 0 Å². The molecule has 2 heterocycles. The summed E-state index contributed by atoms with van der Waals surface area (Å²) in [5.74, 6) is -0.591. The zero-order valence-electron chi connectivity index (χ0n) is 13.1. The van der Waals surface area contributed by atoms with Crippen molar-refractivity contribution in [1.29, 1.82) is 0 Å². The Balaban J connectivity index is 1.50. The third kappa shape index (κ3) is 3.04. The molecule has 1 amide bonds. The van der Waals surface area contributed by atoms with E-state index < -0.39 is 6.10 Å². The summed E-state index contributed by atoms with van der Waals surface area (Å²) in [7, 11) is 0. The van der Waals surface area contributed by atoms with Crippen LogP contribution in [0.15, 0.2) is 60.1 Å². The van der Waals surface area contributed by atoms with E-state index in [2.05, 4.69) is 10.3 Å². The Morgan fingerprint density at radius 3 is 2.72 bits per heavy atom. The van der Waals surface area contributed by atoms with Gasteiger partial charge in [0.25, 0.3) is 0 Å². The van der Waals surface area contributed by atoms with Crippen molar-refractivity contribution in [2.45, 2.75) is 12.5 Å². The van der Waals surface area contributed by atoms with Crippen LogP contribution in [-0.4, -0.2) is 16.9 Å². The zero-order valence-corrected chi connectivity index (χ0v) is 14.0. The van der Waals surface area contributed by atoms with Crippen molar-refractivity contribution in [3.63, 3.8) is 0 Å². The van der Waals surface area contributed by atoms with E-state index in [1.807, 2.05) is 42.5 Å². The number of hydrogen-bond acceptors (Lipinski definition) is 5. The van der Waals surface area contributed by atoms with Crippen molar-refractivity contribution in [1.82, 2.24) is 4.98 Å². The van der Waals surface area contributed by atoms with Crippen LogP contribution < -0.4 is 5.32 Å². The quantitative estimate of drug-likeness (QED) is 0.721. The van der Waals surface area contributed by atoms with Gasteiger partial charge >= 0.3 is 5.97 Å². The predicted molar refractivity (Wildman–Crippen MR) is 95.4 cm³/mol. The number of anilines is 1. The first-order valence-electron chi connectivity index (χ1n) is 7.81. The number of nitrogens with zero attached hydrogens (tertiary/aromatic N) is 1. The van der Waals surface area contributed by atoms with Crippen LogP contribution in [0.5, 0.6) is 0 Å². The highest BCUT2D eigenvalue weighted by molar-refractivity contribution is 7.14. The molecule has 0 saturated heterocycles. The molecule has 124 valence electrons. The van der Waals surface area contributed by atoms with E-state index in [9.17, 15) is 9.59 Å². The molecule has 3 aromatic rings. The van der Waals surface area contributed by atoms with Gasteiger partial charge in [-0.1, -0.05) is 48.5 Å². The molecule has 1 atom stereocenters. The maximum Gasteiger partial charge on any atom is 0.339 e. The molecule has 1 aliphatic rings. The van der Waals surface area contributed by atoms with Gasteiger partial charge in [-0.15, -0.1) is 11.3 Å². The second-order valence-corrected chi connectivity index (χ2v) is 6.48. The van der Waals surface area contributed by atoms with Crippen molar-refractivity contribution < 1.29 is 14.3 Å². The molecule has 0 spiro atoms. The molecule has 0 saturated carbocycles. The van der Waals surface area contributed by atoms with E-state index in [1.54, 1.807) is 17.6 Å². The molecule has 2 aromatic carbocycles. The number of aromatic nitrogens is 1. The summed E-state index contributed by atoms with van der Waals surface area (Å²) < 4.78 is 5.32. The molecule has 0 fully saturated rings. The zero-order chi connectivity index (χ0) is 17.2. The molecule has 1 aromatic heterocycles. The number of cyclic esters (lactones) is 1. The number of thiazole rings is 1. The van der Waals surface area contributed by atoms with Crippen LogP contribution in [0.4, 0.5) is 5.00 Å². The normalized spacial score (nSPS) is 15.5. The third-order valence-corrected chi connectivity index (χ3v) is 4.76. The minimum atomic E-state index is -0.545. The molecular weight excluding hydrogens is 336 g/mol. The first-order valence-corrected chi connectivity index (χ1v) is 8.69. The summed E-state index contributed by atoms with van der Waals surface area (Å²) in [6, 6.07) is 16.8. The molecule has 0 aliphatic carbocycles. The Morgan fingerprint density at radius 1 is 1.12 bits per heavy atom. The van der Waals surface area contributed by atoms with Crippen LogP contribution in [0.1, 0.15) is 28.4 Å². The molecule has 5 nitrogen and oxygen atoms in total. The van der Waals surface area contributed by atoms with Gasteiger partial charge in [0.2, 0.25) is 5.91 Å². The Bertz CT molecular complexity index is 937. The van der Waals surface area contributed by atoms with Crippen molar-refractivity contribution >= 4 is 28.2 Å². The summed E-state index contributed by atoms with van der Waals surface area (Å²) >= 11 is 1.37. The fraction of sp³-hybridized carbons (Fsp3) is 0.105. The molecule has 0 unspecified atom stereocenters. The number of carbonyl (C=O) groups excluding carboxylic acids is 2. The van der Waals surface area contributed by atoms with Crippen LogP contribution >= 0.6 is 11.3 Å². The minimum Gasteiger partial charge on any atom is -0.453 e. The van der Waals surface area contributed by atoms with Gasteiger partial charge in [0.05, 0.1) is 17.5 Å². The van der Waals surface area contributed by atoms with Gasteiger partial charge in [-0.05, 0) is 6.07 Å². The number of rotatable bonds is 4. The lowest BCUT2D eigenvalue weighted by molar-refractivity contribution is -0.118. The first-order chi connectivity index (χ1) is 12.2. The summed E-state index contributed by atoms with van der Waals surface area (Å²) in [5, 5.41) is 3.58. The largest absolute Gasteiger partial charge is 0.453 e. The SMILES string of the molecule is O=C(C[C@@H]1OC(=O)c2ccccc21)Nc1scnc1-c1ccccc1. The minimum absolute atomic E-state index is 0.0783. The fourth-order valence-corrected chi connectivity index (χ4v) is 3.57. The molecule has 0 radical (unpaired) electrons. The molecule has 0 bridgehead atoms. The third-order valence-electron chi connectivity index (χ3n) is 4.02. The number of fused-ring (bicyclic) bond motifs is 1. The van der Waals surface area contributed by atoms with E-state index in [-0.39, 0.29) is 18.3 Å². The maximum absolute atomic E-state index is 12.4. The molecule has 4 rings (SSSR count). The lowest BCUT2D eigenvalue weighted by atomic mass is 10.0. The number of benzene rings is 2. The second-order valence-electron chi connectivity index (χ2n) is 5.63. The number of esters is 1. The highest BCUT2D eigenvalue weighted by atomic mass is 32.1. The van der Waals surface area contributed by atoms with Gasteiger partial charge in [-0.2, -0.15) is 0 Å². The number of amides is 1. The molecule has 6 heteroatoms. The van der Waals surface area contributed by atoms with E-state index >= 15 is 0 Å². The van der Waals surface area contributed by atoms with Gasteiger partial charge in [0.1, 0.15) is 16.8 Å². The van der Waals surface area contributed by atoms with E-state index in [0.29, 0.717) is 10.6 Å². The topological polar surface area (TPSA) is 68.3 Å². The van der Waals surface area contributed by atoms with Crippen molar-refractivity contribution in [2.75, 3.05) is 5.32 Å². The molecule has 25 heavy (non-hydrogen) atoms. The smallest absolute Gasteiger partial charge is 0.339 e. The van der Waals surface area contributed by atoms with E-state index in [4.69, 9.17) is 4.74 Å².